The maximum Gasteiger partial charge on any atom is 0.351 e. The fourth-order valence-electron chi connectivity index (χ4n) is 2.06. The first-order valence-electron chi connectivity index (χ1n) is 6.96. The van der Waals surface area contributed by atoms with Crippen molar-refractivity contribution >= 4 is 55.9 Å². The standard InChI is InChI=1S/C16H11ClN2O5S/c1-19(16(23)18-9-4-2-8(17)3-5-9)13-7-11-12(25-13)6-10(14(20)21)15(22)24-11/h2-7H,1H3,(H,18,23)(H,20,21). The SMILES string of the molecule is CN(C(=O)Nc1ccc(Cl)cc1)c1cc2oc(=O)c(C(=O)O)cc2s1. The van der Waals surface area contributed by atoms with E-state index < -0.39 is 23.2 Å². The molecule has 9 heteroatoms. The number of anilines is 2. The van der Waals surface area contributed by atoms with E-state index in [1.54, 1.807) is 31.3 Å². The number of carboxylic acid groups (broad SMARTS) is 1. The van der Waals surface area contributed by atoms with Crippen molar-refractivity contribution in [2.45, 2.75) is 0 Å². The summed E-state index contributed by atoms with van der Waals surface area (Å²) in [7, 11) is 1.55. The molecule has 0 aliphatic rings. The highest BCUT2D eigenvalue weighted by molar-refractivity contribution is 7.22. The van der Waals surface area contributed by atoms with Crippen molar-refractivity contribution in [1.29, 1.82) is 0 Å². The Morgan fingerprint density at radius 3 is 2.56 bits per heavy atom. The summed E-state index contributed by atoms with van der Waals surface area (Å²) in [6, 6.07) is 8.97. The Balaban J connectivity index is 1.87. The molecule has 25 heavy (non-hydrogen) atoms. The molecular formula is C16H11ClN2O5S. The van der Waals surface area contributed by atoms with E-state index >= 15 is 0 Å². The number of amides is 2. The van der Waals surface area contributed by atoms with Gasteiger partial charge in [-0.05, 0) is 30.3 Å². The maximum atomic E-state index is 12.3. The van der Waals surface area contributed by atoms with Gasteiger partial charge < -0.3 is 14.8 Å². The van der Waals surface area contributed by atoms with Crippen molar-refractivity contribution in [3.05, 3.63) is 57.4 Å². The lowest BCUT2D eigenvalue weighted by molar-refractivity contribution is 0.0692. The van der Waals surface area contributed by atoms with Crippen LogP contribution in [0.15, 0.2) is 45.6 Å². The molecule has 0 aliphatic carbocycles. The van der Waals surface area contributed by atoms with Gasteiger partial charge in [0.25, 0.3) is 0 Å². The van der Waals surface area contributed by atoms with Gasteiger partial charge in [-0.3, -0.25) is 4.90 Å². The monoisotopic (exact) mass is 378 g/mol. The lowest BCUT2D eigenvalue weighted by Crippen LogP contribution is -2.30. The number of hydrogen-bond donors (Lipinski definition) is 2. The molecule has 0 saturated carbocycles. The smallest absolute Gasteiger partial charge is 0.351 e. The van der Waals surface area contributed by atoms with Crippen LogP contribution in [-0.2, 0) is 0 Å². The Hall–Kier alpha value is -2.84. The lowest BCUT2D eigenvalue weighted by Gasteiger charge is -2.15. The summed E-state index contributed by atoms with van der Waals surface area (Å²) in [5.41, 5.74) is -0.588. The van der Waals surface area contributed by atoms with E-state index in [9.17, 15) is 14.4 Å². The van der Waals surface area contributed by atoms with Crippen LogP contribution in [0, 0.1) is 0 Å². The molecule has 0 atom stereocenters. The fourth-order valence-corrected chi connectivity index (χ4v) is 3.17. The molecule has 0 aliphatic heterocycles. The molecule has 0 bridgehead atoms. The molecule has 2 N–H and O–H groups in total. The van der Waals surface area contributed by atoms with E-state index in [1.165, 1.54) is 17.0 Å². The zero-order chi connectivity index (χ0) is 18.1. The molecule has 0 radical (unpaired) electrons. The van der Waals surface area contributed by atoms with Crippen molar-refractivity contribution < 1.29 is 19.1 Å². The molecule has 0 spiro atoms. The van der Waals surface area contributed by atoms with Gasteiger partial charge in [-0.1, -0.05) is 11.6 Å². The summed E-state index contributed by atoms with van der Waals surface area (Å²) < 4.78 is 5.45. The van der Waals surface area contributed by atoms with Crippen molar-refractivity contribution in [1.82, 2.24) is 0 Å². The molecule has 1 aromatic carbocycles. The van der Waals surface area contributed by atoms with Gasteiger partial charge in [0.15, 0.2) is 5.58 Å². The molecule has 0 unspecified atom stereocenters. The minimum atomic E-state index is -1.36. The van der Waals surface area contributed by atoms with E-state index in [4.69, 9.17) is 21.1 Å². The Kier molecular flexibility index (Phi) is 4.47. The van der Waals surface area contributed by atoms with Crippen LogP contribution < -0.4 is 15.8 Å². The van der Waals surface area contributed by atoms with Gasteiger partial charge in [0.05, 0.1) is 4.70 Å². The third-order valence-electron chi connectivity index (χ3n) is 3.37. The third-order valence-corrected chi connectivity index (χ3v) is 4.76. The molecule has 3 aromatic rings. The number of carbonyl (C=O) groups excluding carboxylic acids is 1. The Bertz CT molecular complexity index is 1030. The highest BCUT2D eigenvalue weighted by Gasteiger charge is 2.18. The molecule has 3 rings (SSSR count). The molecule has 7 nitrogen and oxygen atoms in total. The second-order valence-corrected chi connectivity index (χ2v) is 6.56. The largest absolute Gasteiger partial charge is 0.477 e. The number of thiophene rings is 1. The molecular weight excluding hydrogens is 368 g/mol. The van der Waals surface area contributed by atoms with Crippen LogP contribution in [0.5, 0.6) is 0 Å². The summed E-state index contributed by atoms with van der Waals surface area (Å²) in [5.74, 6) is -1.36. The minimum absolute atomic E-state index is 0.223. The van der Waals surface area contributed by atoms with Gasteiger partial charge in [-0.15, -0.1) is 11.3 Å². The van der Waals surface area contributed by atoms with Crippen molar-refractivity contribution in [2.75, 3.05) is 17.3 Å². The zero-order valence-corrected chi connectivity index (χ0v) is 14.4. The number of carbonyl (C=O) groups is 2. The first-order valence-corrected chi connectivity index (χ1v) is 8.16. The molecule has 2 heterocycles. The topological polar surface area (TPSA) is 99.9 Å². The predicted octanol–water partition coefficient (Wildman–Crippen LogP) is 3.87. The number of hydrogen-bond acceptors (Lipinski definition) is 5. The number of aromatic carboxylic acids is 1. The zero-order valence-electron chi connectivity index (χ0n) is 12.8. The van der Waals surface area contributed by atoms with Crippen LogP contribution >= 0.6 is 22.9 Å². The van der Waals surface area contributed by atoms with Gasteiger partial charge in [-0.2, -0.15) is 0 Å². The first-order chi connectivity index (χ1) is 11.8. The average molecular weight is 379 g/mol. The molecule has 0 fully saturated rings. The second-order valence-electron chi connectivity index (χ2n) is 5.06. The van der Waals surface area contributed by atoms with E-state index in [2.05, 4.69) is 5.32 Å². The van der Waals surface area contributed by atoms with Crippen LogP contribution in [-0.4, -0.2) is 24.2 Å². The number of benzene rings is 1. The van der Waals surface area contributed by atoms with Gasteiger partial charge in [0, 0.05) is 23.8 Å². The average Bonchev–Trinajstić information content (AvgIpc) is 2.97. The molecule has 0 saturated heterocycles. The van der Waals surface area contributed by atoms with E-state index in [0.29, 0.717) is 20.4 Å². The number of urea groups is 1. The number of rotatable bonds is 3. The van der Waals surface area contributed by atoms with Crippen LogP contribution in [0.4, 0.5) is 15.5 Å². The van der Waals surface area contributed by atoms with Crippen molar-refractivity contribution in [3.63, 3.8) is 0 Å². The number of fused-ring (bicyclic) bond motifs is 1. The van der Waals surface area contributed by atoms with E-state index in [0.717, 1.165) is 11.3 Å². The Labute approximate surface area is 150 Å². The van der Waals surface area contributed by atoms with Gasteiger partial charge >= 0.3 is 17.6 Å². The predicted molar refractivity (Wildman–Crippen MR) is 96.2 cm³/mol. The van der Waals surface area contributed by atoms with E-state index in [-0.39, 0.29) is 5.58 Å². The van der Waals surface area contributed by atoms with Crippen molar-refractivity contribution in [2.24, 2.45) is 0 Å². The van der Waals surface area contributed by atoms with Crippen LogP contribution in [0.2, 0.25) is 5.02 Å². The number of carboxylic acids is 1. The number of nitrogens with zero attached hydrogens (tertiary/aromatic N) is 1. The lowest BCUT2D eigenvalue weighted by atomic mass is 10.3. The Morgan fingerprint density at radius 1 is 1.24 bits per heavy atom. The first kappa shape index (κ1) is 17.0. The summed E-state index contributed by atoms with van der Waals surface area (Å²) in [6.07, 6.45) is 0. The van der Waals surface area contributed by atoms with Crippen molar-refractivity contribution in [3.8, 4) is 0 Å². The summed E-state index contributed by atoms with van der Waals surface area (Å²) in [6.45, 7) is 0. The molecule has 128 valence electrons. The second kappa shape index (κ2) is 6.58. The molecule has 2 aromatic heterocycles. The minimum Gasteiger partial charge on any atom is -0.477 e. The molecule has 2 amide bonds. The van der Waals surface area contributed by atoms with Crippen LogP contribution in [0.3, 0.4) is 0 Å². The van der Waals surface area contributed by atoms with Gasteiger partial charge in [0.1, 0.15) is 10.6 Å². The van der Waals surface area contributed by atoms with Crippen LogP contribution in [0.25, 0.3) is 10.3 Å². The highest BCUT2D eigenvalue weighted by atomic mass is 35.5. The van der Waals surface area contributed by atoms with Gasteiger partial charge in [0.2, 0.25) is 0 Å². The van der Waals surface area contributed by atoms with E-state index in [1.807, 2.05) is 0 Å². The quantitative estimate of drug-likeness (QED) is 0.720. The maximum absolute atomic E-state index is 12.3. The summed E-state index contributed by atoms with van der Waals surface area (Å²) >= 11 is 6.94. The normalized spacial score (nSPS) is 10.6. The third kappa shape index (κ3) is 3.49. The summed E-state index contributed by atoms with van der Waals surface area (Å²) in [5, 5.41) is 12.7. The number of halogens is 1. The number of nitrogens with one attached hydrogen (secondary N) is 1. The highest BCUT2D eigenvalue weighted by Crippen LogP contribution is 2.32. The van der Waals surface area contributed by atoms with Gasteiger partial charge in [-0.25, -0.2) is 14.4 Å². The Morgan fingerprint density at radius 2 is 1.92 bits per heavy atom. The van der Waals surface area contributed by atoms with Crippen LogP contribution in [0.1, 0.15) is 10.4 Å². The fraction of sp³-hybridized carbons (Fsp3) is 0.0625. The summed E-state index contributed by atoms with van der Waals surface area (Å²) in [4.78, 5) is 36.3.